The molecule has 1 amide bonds. The first-order valence-corrected chi connectivity index (χ1v) is 14.1. The van der Waals surface area contributed by atoms with Crippen LogP contribution in [0.3, 0.4) is 0 Å². The van der Waals surface area contributed by atoms with Crippen LogP contribution in [-0.4, -0.2) is 55.0 Å². The highest BCUT2D eigenvalue weighted by Crippen LogP contribution is 2.33. The van der Waals surface area contributed by atoms with Crippen molar-refractivity contribution in [3.05, 3.63) is 46.6 Å². The van der Waals surface area contributed by atoms with Crippen molar-refractivity contribution < 1.29 is 35.9 Å². The van der Waals surface area contributed by atoms with E-state index in [2.05, 4.69) is 4.99 Å². The third-order valence-corrected chi connectivity index (χ3v) is 7.11. The van der Waals surface area contributed by atoms with Crippen LogP contribution in [-0.2, 0) is 39.8 Å². The first-order chi connectivity index (χ1) is 17.1. The Morgan fingerprint density at radius 2 is 1.92 bits per heavy atom. The monoisotopic (exact) mass is 545 g/mol. The number of carbonyl (C=O) groups excluding carboxylic acids is 1. The summed E-state index contributed by atoms with van der Waals surface area (Å²) in [5.41, 5.74) is -0.454. The Labute approximate surface area is 215 Å². The zero-order valence-corrected chi connectivity index (χ0v) is 22.6. The number of ether oxygens (including phenoxy) is 2. The molecule has 1 aromatic heterocycles. The van der Waals surface area contributed by atoms with Crippen molar-refractivity contribution >= 4 is 15.7 Å². The molecule has 1 aromatic carbocycles. The molecule has 0 saturated carbocycles. The van der Waals surface area contributed by atoms with E-state index in [0.29, 0.717) is 18.6 Å². The molecule has 0 N–H and O–H groups in total. The molecule has 37 heavy (non-hydrogen) atoms. The smallest absolute Gasteiger partial charge is 0.416 e. The summed E-state index contributed by atoms with van der Waals surface area (Å²) in [6.07, 6.45) is -1.74. The highest BCUT2D eigenvalue weighted by molar-refractivity contribution is 7.90. The lowest BCUT2D eigenvalue weighted by Crippen LogP contribution is -2.30. The normalized spacial score (nSPS) is 17.4. The number of nitrogens with zero attached hydrogens (tertiary/aromatic N) is 3. The number of amides is 1. The van der Waals surface area contributed by atoms with Gasteiger partial charge in [0, 0.05) is 37.1 Å². The number of halogens is 3. The van der Waals surface area contributed by atoms with E-state index in [1.54, 1.807) is 10.7 Å². The Kier molecular flexibility index (Phi) is 8.63. The second-order valence-corrected chi connectivity index (χ2v) is 12.6. The number of alkyl halides is 3. The van der Waals surface area contributed by atoms with E-state index in [1.807, 2.05) is 32.5 Å². The van der Waals surface area contributed by atoms with E-state index < -0.39 is 27.5 Å². The molecule has 1 fully saturated rings. The van der Waals surface area contributed by atoms with Crippen molar-refractivity contribution in [1.29, 1.82) is 0 Å². The lowest BCUT2D eigenvalue weighted by molar-refractivity contribution is -0.137. The molecule has 2 aromatic rings. The van der Waals surface area contributed by atoms with Gasteiger partial charge in [0.15, 0.2) is 5.49 Å². The molecule has 8 nitrogen and oxygen atoms in total. The summed E-state index contributed by atoms with van der Waals surface area (Å²) in [7, 11) is -1.38. The molecule has 0 unspecified atom stereocenters. The first-order valence-electron chi connectivity index (χ1n) is 12.1. The summed E-state index contributed by atoms with van der Waals surface area (Å²) >= 11 is 0. The third kappa shape index (κ3) is 7.70. The minimum Gasteiger partial charge on any atom is -0.493 e. The Bertz CT molecular complexity index is 1300. The predicted molar refractivity (Wildman–Crippen MR) is 132 cm³/mol. The fraction of sp³-hybridized carbons (Fsp3) is 0.600. The zero-order valence-electron chi connectivity index (χ0n) is 21.8. The molecular formula is C25H34F3N3O5S. The van der Waals surface area contributed by atoms with Crippen LogP contribution in [0, 0.1) is 0 Å². The second kappa shape index (κ2) is 11.0. The quantitative estimate of drug-likeness (QED) is 0.470. The molecule has 206 valence electrons. The molecule has 0 aliphatic carbocycles. The topological polar surface area (TPSA) is 91.9 Å². The van der Waals surface area contributed by atoms with Gasteiger partial charge in [0.2, 0.25) is 0 Å². The summed E-state index contributed by atoms with van der Waals surface area (Å²) in [5, 5.41) is 0. The van der Waals surface area contributed by atoms with Gasteiger partial charge in [-0.05, 0) is 37.5 Å². The number of sulfone groups is 1. The van der Waals surface area contributed by atoms with Gasteiger partial charge in [-0.15, -0.1) is 0 Å². The van der Waals surface area contributed by atoms with Gasteiger partial charge in [-0.25, -0.2) is 8.42 Å². The van der Waals surface area contributed by atoms with Gasteiger partial charge in [0.05, 0.1) is 36.1 Å². The van der Waals surface area contributed by atoms with Crippen LogP contribution in [0.15, 0.2) is 29.3 Å². The molecule has 0 bridgehead atoms. The lowest BCUT2D eigenvalue weighted by atomic mass is 9.92. The molecule has 0 radical (unpaired) electrons. The fourth-order valence-corrected chi connectivity index (χ4v) is 4.87. The number of hydrogen-bond donors (Lipinski definition) is 0. The third-order valence-electron chi connectivity index (χ3n) is 6.08. The highest BCUT2D eigenvalue weighted by atomic mass is 32.2. The SMILES string of the molecule is Cn1c(C(C)(C)C)c/c(=N\C(=O)c2cc(C(F)(F)F)ccc2OCCCS(C)(=O)=O)n1C[C@H]1CCCO1. The second-order valence-electron chi connectivity index (χ2n) is 10.3. The van der Waals surface area contributed by atoms with Crippen molar-refractivity contribution in [2.45, 2.75) is 64.3 Å². The van der Waals surface area contributed by atoms with E-state index in [1.165, 1.54) is 0 Å². The Morgan fingerprint density at radius 3 is 2.49 bits per heavy atom. The van der Waals surface area contributed by atoms with Crippen LogP contribution in [0.2, 0.25) is 0 Å². The van der Waals surface area contributed by atoms with Gasteiger partial charge in [0.1, 0.15) is 15.6 Å². The van der Waals surface area contributed by atoms with Gasteiger partial charge < -0.3 is 9.47 Å². The molecular weight excluding hydrogens is 511 g/mol. The van der Waals surface area contributed by atoms with E-state index in [9.17, 15) is 26.4 Å². The van der Waals surface area contributed by atoms with Crippen molar-refractivity contribution in [3.63, 3.8) is 0 Å². The number of hydrogen-bond acceptors (Lipinski definition) is 5. The summed E-state index contributed by atoms with van der Waals surface area (Å²) in [5.74, 6) is -1.13. The van der Waals surface area contributed by atoms with E-state index in [4.69, 9.17) is 9.47 Å². The Hall–Kier alpha value is -2.60. The van der Waals surface area contributed by atoms with Gasteiger partial charge in [-0.1, -0.05) is 20.8 Å². The van der Waals surface area contributed by atoms with Crippen LogP contribution in [0.4, 0.5) is 13.2 Å². The number of aromatic nitrogens is 2. The van der Waals surface area contributed by atoms with Crippen LogP contribution >= 0.6 is 0 Å². The highest BCUT2D eigenvalue weighted by Gasteiger charge is 2.32. The standard InChI is InChI=1S/C25H34F3N3O5S/c1-24(2,3)21-15-22(31(30(21)4)16-18-8-6-11-35-18)29-23(32)19-14-17(25(26,27)28)9-10-20(19)36-12-7-13-37(5,33)34/h9-10,14-15,18H,6-8,11-13,16H2,1-5H3/b29-22+/t18-/m1/s1. The van der Waals surface area contributed by atoms with Crippen LogP contribution in [0.25, 0.3) is 0 Å². The van der Waals surface area contributed by atoms with Crippen LogP contribution < -0.4 is 10.2 Å². The molecule has 0 spiro atoms. The number of benzene rings is 1. The summed E-state index contributed by atoms with van der Waals surface area (Å²) < 4.78 is 78.0. The van der Waals surface area contributed by atoms with Crippen molar-refractivity contribution in [2.75, 3.05) is 25.2 Å². The Balaban J connectivity index is 2.03. The van der Waals surface area contributed by atoms with Crippen molar-refractivity contribution in [2.24, 2.45) is 12.0 Å². The lowest BCUT2D eigenvalue weighted by Gasteiger charge is -2.21. The minimum atomic E-state index is -4.67. The predicted octanol–water partition coefficient (Wildman–Crippen LogP) is 3.88. The molecule has 3 rings (SSSR count). The fourth-order valence-electron chi connectivity index (χ4n) is 4.23. The maximum absolute atomic E-state index is 13.4. The van der Waals surface area contributed by atoms with Gasteiger partial charge >= 0.3 is 6.18 Å². The zero-order chi connectivity index (χ0) is 27.6. The number of carbonyl (C=O) groups is 1. The van der Waals surface area contributed by atoms with Crippen LogP contribution in [0.1, 0.15) is 61.6 Å². The average molecular weight is 546 g/mol. The average Bonchev–Trinajstić information content (AvgIpc) is 3.39. The molecule has 1 aliphatic heterocycles. The molecule has 12 heteroatoms. The summed E-state index contributed by atoms with van der Waals surface area (Å²) in [6, 6.07) is 4.36. The maximum Gasteiger partial charge on any atom is 0.416 e. The van der Waals surface area contributed by atoms with E-state index in [0.717, 1.165) is 43.0 Å². The van der Waals surface area contributed by atoms with Crippen molar-refractivity contribution in [1.82, 2.24) is 9.36 Å². The van der Waals surface area contributed by atoms with Gasteiger partial charge in [-0.3, -0.25) is 14.2 Å². The molecule has 1 atom stereocenters. The largest absolute Gasteiger partial charge is 0.493 e. The van der Waals surface area contributed by atoms with E-state index in [-0.39, 0.29) is 41.6 Å². The van der Waals surface area contributed by atoms with Crippen LogP contribution in [0.5, 0.6) is 5.75 Å². The minimum absolute atomic E-state index is 0.0576. The van der Waals surface area contributed by atoms with Gasteiger partial charge in [0.25, 0.3) is 5.91 Å². The van der Waals surface area contributed by atoms with Gasteiger partial charge in [-0.2, -0.15) is 18.2 Å². The molecule has 2 heterocycles. The van der Waals surface area contributed by atoms with E-state index >= 15 is 0 Å². The number of rotatable bonds is 8. The van der Waals surface area contributed by atoms with Crippen molar-refractivity contribution in [3.8, 4) is 5.75 Å². The Morgan fingerprint density at radius 1 is 1.22 bits per heavy atom. The summed E-state index contributed by atoms with van der Waals surface area (Å²) in [4.78, 5) is 17.5. The first kappa shape index (κ1) is 29.0. The summed E-state index contributed by atoms with van der Waals surface area (Å²) in [6.45, 7) is 7.05. The maximum atomic E-state index is 13.4. The molecule has 1 aliphatic rings. The molecule has 1 saturated heterocycles.